The molecular formula is C24H27ClN6O3. The largest absolute Gasteiger partial charge is 0.493 e. The van der Waals surface area contributed by atoms with E-state index in [1.165, 1.54) is 4.68 Å². The Hall–Kier alpha value is -3.56. The number of fused-ring (bicyclic) bond motifs is 1. The minimum Gasteiger partial charge on any atom is -0.493 e. The van der Waals surface area contributed by atoms with Crippen molar-refractivity contribution in [3.05, 3.63) is 69.6 Å². The van der Waals surface area contributed by atoms with Crippen LogP contribution in [0.25, 0.3) is 17.0 Å². The van der Waals surface area contributed by atoms with E-state index in [0.29, 0.717) is 29.7 Å². The van der Waals surface area contributed by atoms with Gasteiger partial charge >= 0.3 is 0 Å². The van der Waals surface area contributed by atoms with Crippen molar-refractivity contribution in [1.29, 1.82) is 0 Å². The molecule has 0 aliphatic rings. The molecule has 2 aromatic carbocycles. The SMILES string of the molecule is COc1ccc(C(CNc2cnn(-c3nc4ccccc4n3C)c(=O)c2Cl)N(C)C)cc1OC. The molecule has 0 radical (unpaired) electrons. The highest BCUT2D eigenvalue weighted by atomic mass is 35.5. The number of ether oxygens (including phenoxy) is 2. The van der Waals surface area contributed by atoms with E-state index >= 15 is 0 Å². The molecule has 1 N–H and O–H groups in total. The fourth-order valence-electron chi connectivity index (χ4n) is 3.89. The van der Waals surface area contributed by atoms with E-state index in [-0.39, 0.29) is 11.1 Å². The van der Waals surface area contributed by atoms with Crippen molar-refractivity contribution in [3.8, 4) is 17.4 Å². The van der Waals surface area contributed by atoms with Gasteiger partial charge in [0, 0.05) is 13.6 Å². The number of likely N-dealkylation sites (N-methyl/N-ethyl adjacent to an activating group) is 1. The van der Waals surface area contributed by atoms with Gasteiger partial charge in [0.2, 0.25) is 5.95 Å². The lowest BCUT2D eigenvalue weighted by molar-refractivity contribution is 0.308. The summed E-state index contributed by atoms with van der Waals surface area (Å²) >= 11 is 6.47. The van der Waals surface area contributed by atoms with Crippen molar-refractivity contribution in [1.82, 2.24) is 24.2 Å². The number of hydrogen-bond donors (Lipinski definition) is 1. The standard InChI is InChI=1S/C24H27ClN6O3/c1-29(2)19(15-10-11-20(33-4)21(12-15)34-5)14-26-17-13-27-31(23(32)22(17)25)24-28-16-8-6-7-9-18(16)30(24)3/h6-13,19,26H,14H2,1-5H3. The highest BCUT2D eigenvalue weighted by Crippen LogP contribution is 2.31. The first-order valence-corrected chi connectivity index (χ1v) is 11.1. The van der Waals surface area contributed by atoms with Crippen LogP contribution in [0.4, 0.5) is 5.69 Å². The second kappa shape index (κ2) is 9.74. The lowest BCUT2D eigenvalue weighted by Gasteiger charge is -2.26. The van der Waals surface area contributed by atoms with Crippen molar-refractivity contribution in [2.24, 2.45) is 7.05 Å². The summed E-state index contributed by atoms with van der Waals surface area (Å²) in [6.07, 6.45) is 1.55. The molecule has 1 atom stereocenters. The molecule has 4 rings (SSSR count). The highest BCUT2D eigenvalue weighted by Gasteiger charge is 2.19. The fourth-order valence-corrected chi connectivity index (χ4v) is 4.08. The molecule has 34 heavy (non-hydrogen) atoms. The summed E-state index contributed by atoms with van der Waals surface area (Å²) < 4.78 is 13.8. The third kappa shape index (κ3) is 4.32. The van der Waals surface area contributed by atoms with Crippen LogP contribution in [0.15, 0.2) is 53.5 Å². The molecule has 0 saturated heterocycles. The Bertz CT molecular complexity index is 1380. The van der Waals surface area contributed by atoms with Crippen LogP contribution in [0.5, 0.6) is 11.5 Å². The van der Waals surface area contributed by atoms with Gasteiger partial charge in [-0.25, -0.2) is 4.98 Å². The highest BCUT2D eigenvalue weighted by molar-refractivity contribution is 6.32. The van der Waals surface area contributed by atoms with Crippen LogP contribution >= 0.6 is 11.6 Å². The quantitative estimate of drug-likeness (QED) is 0.411. The number of nitrogens with zero attached hydrogens (tertiary/aromatic N) is 5. The van der Waals surface area contributed by atoms with Crippen molar-refractivity contribution in [3.63, 3.8) is 0 Å². The van der Waals surface area contributed by atoms with Crippen LogP contribution in [0.1, 0.15) is 11.6 Å². The number of hydrogen-bond acceptors (Lipinski definition) is 7. The molecule has 0 spiro atoms. The molecule has 0 aliphatic heterocycles. The Kier molecular flexibility index (Phi) is 6.76. The van der Waals surface area contributed by atoms with Gasteiger partial charge in [-0.15, -0.1) is 0 Å². The minimum absolute atomic E-state index is 0.0295. The molecule has 0 fully saturated rings. The number of halogens is 1. The Labute approximate surface area is 202 Å². The summed E-state index contributed by atoms with van der Waals surface area (Å²) in [6.45, 7) is 0.486. The summed E-state index contributed by atoms with van der Waals surface area (Å²) in [5.74, 6) is 1.71. The molecule has 2 aromatic heterocycles. The van der Waals surface area contributed by atoms with Crippen LogP contribution in [-0.4, -0.2) is 59.1 Å². The number of aryl methyl sites for hydroxylation is 1. The average molecular weight is 483 g/mol. The lowest BCUT2D eigenvalue weighted by atomic mass is 10.0. The van der Waals surface area contributed by atoms with Crippen LogP contribution in [0, 0.1) is 0 Å². The van der Waals surface area contributed by atoms with E-state index in [1.54, 1.807) is 20.4 Å². The van der Waals surface area contributed by atoms with Crippen LogP contribution in [0.2, 0.25) is 5.02 Å². The van der Waals surface area contributed by atoms with E-state index in [4.69, 9.17) is 21.1 Å². The monoisotopic (exact) mass is 482 g/mol. The van der Waals surface area contributed by atoms with Gasteiger partial charge in [0.1, 0.15) is 5.02 Å². The Morgan fingerprint density at radius 1 is 1.12 bits per heavy atom. The van der Waals surface area contributed by atoms with E-state index < -0.39 is 5.56 Å². The Balaban J connectivity index is 1.61. The average Bonchev–Trinajstić information content (AvgIpc) is 3.17. The maximum atomic E-state index is 13.1. The first-order chi connectivity index (χ1) is 16.3. The van der Waals surface area contributed by atoms with Gasteiger partial charge in [0.25, 0.3) is 5.56 Å². The van der Waals surface area contributed by atoms with Gasteiger partial charge < -0.3 is 24.3 Å². The second-order valence-corrected chi connectivity index (χ2v) is 8.40. The summed E-state index contributed by atoms with van der Waals surface area (Å²) in [5, 5.41) is 7.65. The van der Waals surface area contributed by atoms with Crippen LogP contribution in [0.3, 0.4) is 0 Å². The fraction of sp³-hybridized carbons (Fsp3) is 0.292. The van der Waals surface area contributed by atoms with Gasteiger partial charge in [-0.05, 0) is 43.9 Å². The minimum atomic E-state index is -0.447. The molecule has 10 heteroatoms. The molecule has 0 saturated carbocycles. The molecule has 0 aliphatic carbocycles. The third-order valence-corrected chi connectivity index (χ3v) is 6.14. The number of benzene rings is 2. The second-order valence-electron chi connectivity index (χ2n) is 8.02. The van der Waals surface area contributed by atoms with E-state index in [1.807, 2.05) is 68.2 Å². The molecule has 0 amide bonds. The summed E-state index contributed by atoms with van der Waals surface area (Å²) in [4.78, 5) is 19.7. The lowest BCUT2D eigenvalue weighted by Crippen LogP contribution is -2.29. The normalized spacial score (nSPS) is 12.2. The van der Waals surface area contributed by atoms with Crippen molar-refractivity contribution in [2.75, 3.05) is 40.2 Å². The molecule has 9 nitrogen and oxygen atoms in total. The van der Waals surface area contributed by atoms with E-state index in [9.17, 15) is 4.79 Å². The van der Waals surface area contributed by atoms with E-state index in [0.717, 1.165) is 16.6 Å². The summed E-state index contributed by atoms with van der Waals surface area (Å²) in [6, 6.07) is 13.4. The zero-order valence-electron chi connectivity index (χ0n) is 19.7. The Morgan fingerprint density at radius 2 is 1.85 bits per heavy atom. The molecule has 4 aromatic rings. The first-order valence-electron chi connectivity index (χ1n) is 10.7. The van der Waals surface area contributed by atoms with Gasteiger partial charge in [-0.1, -0.05) is 29.8 Å². The number of rotatable bonds is 8. The van der Waals surface area contributed by atoms with Gasteiger partial charge in [-0.3, -0.25) is 4.79 Å². The van der Waals surface area contributed by atoms with Crippen molar-refractivity contribution in [2.45, 2.75) is 6.04 Å². The maximum Gasteiger partial charge on any atom is 0.295 e. The van der Waals surface area contributed by atoms with E-state index in [2.05, 4.69) is 20.3 Å². The van der Waals surface area contributed by atoms with Gasteiger partial charge in [0.15, 0.2) is 11.5 Å². The molecule has 1 unspecified atom stereocenters. The van der Waals surface area contributed by atoms with Gasteiger partial charge in [0.05, 0.1) is 43.2 Å². The molecular weight excluding hydrogens is 456 g/mol. The number of anilines is 1. The summed E-state index contributed by atoms with van der Waals surface area (Å²) in [7, 11) is 9.01. The predicted molar refractivity (Wildman–Crippen MR) is 134 cm³/mol. The third-order valence-electron chi connectivity index (χ3n) is 5.77. The summed E-state index contributed by atoms with van der Waals surface area (Å²) in [5.41, 5.74) is 2.70. The predicted octanol–water partition coefficient (Wildman–Crippen LogP) is 3.50. The maximum absolute atomic E-state index is 13.1. The zero-order chi connectivity index (χ0) is 24.4. The topological polar surface area (TPSA) is 86.4 Å². The number of nitrogens with one attached hydrogen (secondary N) is 1. The van der Waals surface area contributed by atoms with Gasteiger partial charge in [-0.2, -0.15) is 9.78 Å². The smallest absolute Gasteiger partial charge is 0.295 e. The first kappa shape index (κ1) is 23.6. The van der Waals surface area contributed by atoms with Crippen LogP contribution < -0.4 is 20.3 Å². The van der Waals surface area contributed by atoms with Crippen molar-refractivity contribution >= 4 is 28.3 Å². The number of para-hydroxylation sites is 2. The Morgan fingerprint density at radius 3 is 2.53 bits per heavy atom. The number of imidazole rings is 1. The molecule has 0 bridgehead atoms. The zero-order valence-corrected chi connectivity index (χ0v) is 20.5. The van der Waals surface area contributed by atoms with Crippen molar-refractivity contribution < 1.29 is 9.47 Å². The number of methoxy groups -OCH3 is 2. The molecule has 2 heterocycles. The van der Waals surface area contributed by atoms with Crippen LogP contribution in [-0.2, 0) is 7.05 Å². The molecule has 178 valence electrons. The number of aromatic nitrogens is 4.